The van der Waals surface area contributed by atoms with Crippen LogP contribution in [0.15, 0.2) is 18.2 Å². The number of benzene rings is 1. The molecule has 23 heavy (non-hydrogen) atoms. The van der Waals surface area contributed by atoms with Crippen LogP contribution in [0, 0.1) is 13.8 Å². The van der Waals surface area contributed by atoms with Crippen LogP contribution in [0.4, 0.5) is 0 Å². The molecule has 1 atom stereocenters. The van der Waals surface area contributed by atoms with Gasteiger partial charge in [0.25, 0.3) is 0 Å². The molecule has 0 aromatic heterocycles. The van der Waals surface area contributed by atoms with E-state index in [0.717, 1.165) is 44.6 Å². The van der Waals surface area contributed by atoms with Crippen LogP contribution in [0.2, 0.25) is 0 Å². The van der Waals surface area contributed by atoms with Crippen molar-refractivity contribution in [1.29, 1.82) is 0 Å². The van der Waals surface area contributed by atoms with E-state index >= 15 is 0 Å². The summed E-state index contributed by atoms with van der Waals surface area (Å²) in [6, 6.07) is 6.12. The summed E-state index contributed by atoms with van der Waals surface area (Å²) in [5.74, 6) is 1.12. The molecule has 2 saturated heterocycles. The van der Waals surface area contributed by atoms with Crippen molar-refractivity contribution < 1.29 is 14.3 Å². The Morgan fingerprint density at radius 3 is 2.83 bits per heavy atom. The van der Waals surface area contributed by atoms with Crippen molar-refractivity contribution in [3.63, 3.8) is 0 Å². The molecule has 1 spiro atoms. The van der Waals surface area contributed by atoms with Gasteiger partial charge in [0, 0.05) is 19.6 Å². The lowest BCUT2D eigenvalue weighted by Crippen LogP contribution is -2.35. The van der Waals surface area contributed by atoms with Crippen molar-refractivity contribution in [1.82, 2.24) is 4.90 Å². The zero-order chi connectivity index (χ0) is 16.3. The van der Waals surface area contributed by atoms with Gasteiger partial charge in [0.2, 0.25) is 5.91 Å². The highest BCUT2D eigenvalue weighted by Gasteiger charge is 2.38. The summed E-state index contributed by atoms with van der Waals surface area (Å²) in [4.78, 5) is 14.3. The number of ether oxygens (including phenoxy) is 2. The lowest BCUT2D eigenvalue weighted by atomic mass is 9.92. The van der Waals surface area contributed by atoms with Crippen molar-refractivity contribution in [2.75, 3.05) is 26.3 Å². The number of likely N-dealkylation sites (tertiary alicyclic amines) is 1. The molecular formula is C19H27NO3. The van der Waals surface area contributed by atoms with Gasteiger partial charge in [0.1, 0.15) is 12.4 Å². The molecule has 0 N–H and O–H groups in total. The van der Waals surface area contributed by atoms with E-state index in [1.54, 1.807) is 0 Å². The molecular weight excluding hydrogens is 290 g/mol. The van der Waals surface area contributed by atoms with Gasteiger partial charge in [-0.1, -0.05) is 6.07 Å². The van der Waals surface area contributed by atoms with Crippen molar-refractivity contribution in [2.24, 2.45) is 0 Å². The van der Waals surface area contributed by atoms with Crippen LogP contribution in [-0.4, -0.2) is 42.7 Å². The standard InChI is InChI=1S/C19H27NO3/c1-15-4-5-17(14-16(15)2)22-13-11-20-10-9-19(7-3-12-23-19)8-6-18(20)21/h4-5,14H,3,6-13H2,1-2H3. The number of hydrogen-bond donors (Lipinski definition) is 0. The highest BCUT2D eigenvalue weighted by Crippen LogP contribution is 2.35. The smallest absolute Gasteiger partial charge is 0.222 e. The third-order valence-electron chi connectivity index (χ3n) is 5.28. The highest BCUT2D eigenvalue weighted by atomic mass is 16.5. The number of carbonyl (C=O) groups excluding carboxylic acids is 1. The van der Waals surface area contributed by atoms with E-state index in [4.69, 9.17) is 9.47 Å². The first-order valence-electron chi connectivity index (χ1n) is 8.70. The molecule has 2 fully saturated rings. The molecule has 0 aliphatic carbocycles. The number of rotatable bonds is 4. The van der Waals surface area contributed by atoms with E-state index in [1.807, 2.05) is 11.0 Å². The second-order valence-electron chi connectivity index (χ2n) is 6.86. The van der Waals surface area contributed by atoms with Crippen LogP contribution < -0.4 is 4.74 Å². The summed E-state index contributed by atoms with van der Waals surface area (Å²) in [5, 5.41) is 0. The van der Waals surface area contributed by atoms with Gasteiger partial charge in [-0.25, -0.2) is 0 Å². The van der Waals surface area contributed by atoms with Crippen LogP contribution in [0.5, 0.6) is 5.75 Å². The maximum absolute atomic E-state index is 12.3. The zero-order valence-electron chi connectivity index (χ0n) is 14.3. The van der Waals surface area contributed by atoms with Crippen LogP contribution in [-0.2, 0) is 9.53 Å². The van der Waals surface area contributed by atoms with Gasteiger partial charge >= 0.3 is 0 Å². The first kappa shape index (κ1) is 16.3. The summed E-state index contributed by atoms with van der Waals surface area (Å²) >= 11 is 0. The molecule has 2 heterocycles. The average molecular weight is 317 g/mol. The number of amides is 1. The predicted octanol–water partition coefficient (Wildman–Crippen LogP) is 3.24. The van der Waals surface area contributed by atoms with Crippen molar-refractivity contribution in [3.05, 3.63) is 29.3 Å². The molecule has 2 aliphatic heterocycles. The summed E-state index contributed by atoms with van der Waals surface area (Å²) in [5.41, 5.74) is 2.47. The fourth-order valence-corrected chi connectivity index (χ4v) is 3.54. The third-order valence-corrected chi connectivity index (χ3v) is 5.28. The van der Waals surface area contributed by atoms with Crippen molar-refractivity contribution in [2.45, 2.75) is 51.6 Å². The largest absolute Gasteiger partial charge is 0.492 e. The second-order valence-corrected chi connectivity index (χ2v) is 6.86. The number of hydrogen-bond acceptors (Lipinski definition) is 3. The first-order valence-corrected chi connectivity index (χ1v) is 8.70. The maximum atomic E-state index is 12.3. The fourth-order valence-electron chi connectivity index (χ4n) is 3.54. The Labute approximate surface area is 138 Å². The van der Waals surface area contributed by atoms with E-state index in [0.29, 0.717) is 19.6 Å². The Balaban J connectivity index is 1.51. The van der Waals surface area contributed by atoms with E-state index in [2.05, 4.69) is 26.0 Å². The van der Waals surface area contributed by atoms with Gasteiger partial charge < -0.3 is 14.4 Å². The van der Waals surface area contributed by atoms with Gasteiger partial charge in [0.15, 0.2) is 0 Å². The first-order chi connectivity index (χ1) is 11.1. The molecule has 0 saturated carbocycles. The molecule has 4 heteroatoms. The molecule has 1 aromatic rings. The van der Waals surface area contributed by atoms with E-state index < -0.39 is 0 Å². The van der Waals surface area contributed by atoms with Crippen molar-refractivity contribution in [3.8, 4) is 5.75 Å². The maximum Gasteiger partial charge on any atom is 0.222 e. The molecule has 0 bridgehead atoms. The molecule has 0 radical (unpaired) electrons. The molecule has 3 rings (SSSR count). The lowest BCUT2D eigenvalue weighted by molar-refractivity contribution is -0.131. The van der Waals surface area contributed by atoms with Gasteiger partial charge in [-0.15, -0.1) is 0 Å². The molecule has 1 amide bonds. The molecule has 4 nitrogen and oxygen atoms in total. The number of aryl methyl sites for hydroxylation is 2. The summed E-state index contributed by atoms with van der Waals surface area (Å²) in [7, 11) is 0. The lowest BCUT2D eigenvalue weighted by Gasteiger charge is -2.26. The second kappa shape index (κ2) is 6.91. The topological polar surface area (TPSA) is 38.8 Å². The fraction of sp³-hybridized carbons (Fsp3) is 0.632. The Morgan fingerprint density at radius 2 is 2.09 bits per heavy atom. The minimum Gasteiger partial charge on any atom is -0.492 e. The number of carbonyl (C=O) groups is 1. The summed E-state index contributed by atoms with van der Waals surface area (Å²) < 4.78 is 11.8. The Hall–Kier alpha value is -1.55. The Bertz CT molecular complexity index is 564. The van der Waals surface area contributed by atoms with Crippen LogP contribution in [0.3, 0.4) is 0 Å². The van der Waals surface area contributed by atoms with E-state index in [-0.39, 0.29) is 11.5 Å². The minimum atomic E-state index is -0.0284. The van der Waals surface area contributed by atoms with E-state index in [9.17, 15) is 4.79 Å². The monoisotopic (exact) mass is 317 g/mol. The molecule has 1 unspecified atom stereocenters. The summed E-state index contributed by atoms with van der Waals surface area (Å²) in [6.07, 6.45) is 4.67. The van der Waals surface area contributed by atoms with E-state index in [1.165, 1.54) is 11.1 Å². The van der Waals surface area contributed by atoms with Gasteiger partial charge in [-0.2, -0.15) is 0 Å². The highest BCUT2D eigenvalue weighted by molar-refractivity contribution is 5.76. The van der Waals surface area contributed by atoms with Gasteiger partial charge in [-0.3, -0.25) is 4.79 Å². The third kappa shape index (κ3) is 3.86. The minimum absolute atomic E-state index is 0.0284. The normalized spacial score (nSPS) is 25.0. The molecule has 126 valence electrons. The predicted molar refractivity (Wildman–Crippen MR) is 89.8 cm³/mol. The Morgan fingerprint density at radius 1 is 1.22 bits per heavy atom. The molecule has 1 aromatic carbocycles. The van der Waals surface area contributed by atoms with Crippen LogP contribution >= 0.6 is 0 Å². The summed E-state index contributed by atoms with van der Waals surface area (Å²) in [6.45, 7) is 7.01. The average Bonchev–Trinajstić information content (AvgIpc) is 2.94. The van der Waals surface area contributed by atoms with Gasteiger partial charge in [0.05, 0.1) is 12.1 Å². The van der Waals surface area contributed by atoms with Gasteiger partial charge in [-0.05, 0) is 62.8 Å². The Kier molecular flexibility index (Phi) is 4.90. The molecule has 2 aliphatic rings. The quantitative estimate of drug-likeness (QED) is 0.856. The number of nitrogens with zero attached hydrogens (tertiary/aromatic N) is 1. The zero-order valence-corrected chi connectivity index (χ0v) is 14.3. The SMILES string of the molecule is Cc1ccc(OCCN2CCC3(CCCO3)CCC2=O)cc1C. The van der Waals surface area contributed by atoms with Crippen LogP contribution in [0.25, 0.3) is 0 Å². The van der Waals surface area contributed by atoms with Crippen molar-refractivity contribution >= 4 is 5.91 Å². The van der Waals surface area contributed by atoms with Crippen LogP contribution in [0.1, 0.15) is 43.2 Å².